The number of aromatic nitrogens is 2. The maximum absolute atomic E-state index is 5.54. The highest BCUT2D eigenvalue weighted by Gasteiger charge is 2.19. The average molecular weight is 221 g/mol. The number of nitrogens with one attached hydrogen (secondary N) is 1. The molecule has 3 nitrogen and oxygen atoms in total. The van der Waals surface area contributed by atoms with Gasteiger partial charge in [0.25, 0.3) is 0 Å². The molecule has 0 bridgehead atoms. The van der Waals surface area contributed by atoms with Gasteiger partial charge in [-0.3, -0.25) is 0 Å². The number of rotatable bonds is 4. The molecule has 1 aromatic heterocycles. The summed E-state index contributed by atoms with van der Waals surface area (Å²) in [6, 6.07) is 0. The molecule has 1 heterocycles. The van der Waals surface area contributed by atoms with Gasteiger partial charge in [0, 0.05) is 11.6 Å². The molecule has 1 aliphatic carbocycles. The summed E-state index contributed by atoms with van der Waals surface area (Å²) in [5.41, 5.74) is 8.01. The average Bonchev–Trinajstić information content (AvgIpc) is 2.69. The van der Waals surface area contributed by atoms with Gasteiger partial charge >= 0.3 is 0 Å². The molecule has 16 heavy (non-hydrogen) atoms. The van der Waals surface area contributed by atoms with E-state index in [2.05, 4.69) is 11.9 Å². The van der Waals surface area contributed by atoms with Crippen LogP contribution in [0.5, 0.6) is 0 Å². The molecule has 0 radical (unpaired) electrons. The lowest BCUT2D eigenvalue weighted by Crippen LogP contribution is -2.06. The first-order valence-electron chi connectivity index (χ1n) is 6.56. The minimum atomic E-state index is 0.680. The molecular weight excluding hydrogens is 198 g/mol. The van der Waals surface area contributed by atoms with Gasteiger partial charge < -0.3 is 10.7 Å². The highest BCUT2D eigenvalue weighted by Crippen LogP contribution is 2.31. The topological polar surface area (TPSA) is 54.7 Å². The normalized spacial score (nSPS) is 17.9. The van der Waals surface area contributed by atoms with Gasteiger partial charge in [0.2, 0.25) is 0 Å². The molecule has 0 atom stereocenters. The van der Waals surface area contributed by atoms with Gasteiger partial charge in [-0.15, -0.1) is 0 Å². The summed E-state index contributed by atoms with van der Waals surface area (Å²) in [5, 5.41) is 0. The zero-order valence-corrected chi connectivity index (χ0v) is 10.3. The maximum atomic E-state index is 5.54. The van der Waals surface area contributed by atoms with E-state index < -0.39 is 0 Å². The molecular formula is C13H23N3. The minimum absolute atomic E-state index is 0.680. The standard InChI is InChI=1S/C13H23N3/c1-10-12(8-5-9-14)16-13(15-10)11-6-3-2-4-7-11/h11H,2-9,14H2,1H3,(H,15,16). The van der Waals surface area contributed by atoms with Gasteiger partial charge in [0.05, 0.1) is 5.69 Å². The molecule has 0 unspecified atom stereocenters. The lowest BCUT2D eigenvalue weighted by atomic mass is 9.89. The first-order chi connectivity index (χ1) is 7.81. The zero-order chi connectivity index (χ0) is 11.4. The Morgan fingerprint density at radius 3 is 2.75 bits per heavy atom. The molecule has 3 N–H and O–H groups in total. The molecule has 1 saturated carbocycles. The molecule has 2 rings (SSSR count). The van der Waals surface area contributed by atoms with Crippen LogP contribution in [0.3, 0.4) is 0 Å². The second-order valence-electron chi connectivity index (χ2n) is 4.92. The number of hydrogen-bond acceptors (Lipinski definition) is 2. The number of aromatic amines is 1. The Morgan fingerprint density at radius 1 is 1.31 bits per heavy atom. The van der Waals surface area contributed by atoms with E-state index in [9.17, 15) is 0 Å². The van der Waals surface area contributed by atoms with E-state index in [0.29, 0.717) is 5.92 Å². The Labute approximate surface area is 97.8 Å². The van der Waals surface area contributed by atoms with Gasteiger partial charge in [0.1, 0.15) is 5.82 Å². The highest BCUT2D eigenvalue weighted by atomic mass is 14.9. The van der Waals surface area contributed by atoms with Crippen molar-refractivity contribution in [2.75, 3.05) is 6.54 Å². The summed E-state index contributed by atoms with van der Waals surface area (Å²) in [7, 11) is 0. The molecule has 0 amide bonds. The van der Waals surface area contributed by atoms with Crippen LogP contribution in [0.2, 0.25) is 0 Å². The van der Waals surface area contributed by atoms with E-state index >= 15 is 0 Å². The molecule has 1 aliphatic rings. The summed E-state index contributed by atoms with van der Waals surface area (Å²) >= 11 is 0. The Hall–Kier alpha value is -0.830. The fourth-order valence-electron chi connectivity index (χ4n) is 2.60. The molecule has 0 aliphatic heterocycles. The van der Waals surface area contributed by atoms with Crippen molar-refractivity contribution in [1.29, 1.82) is 0 Å². The van der Waals surface area contributed by atoms with Crippen LogP contribution in [0.15, 0.2) is 0 Å². The fourth-order valence-corrected chi connectivity index (χ4v) is 2.60. The van der Waals surface area contributed by atoms with Gasteiger partial charge in [-0.2, -0.15) is 0 Å². The van der Waals surface area contributed by atoms with Crippen molar-refractivity contribution in [3.63, 3.8) is 0 Å². The smallest absolute Gasteiger partial charge is 0.109 e. The number of nitrogens with zero attached hydrogens (tertiary/aromatic N) is 1. The van der Waals surface area contributed by atoms with Crippen LogP contribution in [0.25, 0.3) is 0 Å². The Bertz CT molecular complexity index is 324. The number of hydrogen-bond donors (Lipinski definition) is 2. The maximum Gasteiger partial charge on any atom is 0.109 e. The third-order valence-electron chi connectivity index (χ3n) is 3.61. The number of aryl methyl sites for hydroxylation is 2. The van der Waals surface area contributed by atoms with Crippen LogP contribution < -0.4 is 5.73 Å². The summed E-state index contributed by atoms with van der Waals surface area (Å²) in [5.74, 6) is 1.91. The molecule has 0 spiro atoms. The van der Waals surface area contributed by atoms with Crippen LogP contribution in [0, 0.1) is 6.92 Å². The van der Waals surface area contributed by atoms with E-state index in [0.717, 1.165) is 19.4 Å². The predicted molar refractivity (Wildman–Crippen MR) is 66.5 cm³/mol. The van der Waals surface area contributed by atoms with Gasteiger partial charge in [0.15, 0.2) is 0 Å². The third kappa shape index (κ3) is 2.64. The molecule has 1 aromatic rings. The monoisotopic (exact) mass is 221 g/mol. The number of H-pyrrole nitrogens is 1. The SMILES string of the molecule is Cc1[nH]c(C2CCCCC2)nc1CCCN. The fraction of sp³-hybridized carbons (Fsp3) is 0.769. The summed E-state index contributed by atoms with van der Waals surface area (Å²) in [4.78, 5) is 8.23. The molecule has 3 heteroatoms. The second kappa shape index (κ2) is 5.48. The first-order valence-corrected chi connectivity index (χ1v) is 6.56. The van der Waals surface area contributed by atoms with E-state index in [1.165, 1.54) is 49.3 Å². The van der Waals surface area contributed by atoms with Crippen LogP contribution in [0.4, 0.5) is 0 Å². The third-order valence-corrected chi connectivity index (χ3v) is 3.61. The van der Waals surface area contributed by atoms with Crippen molar-refractivity contribution in [3.8, 4) is 0 Å². The van der Waals surface area contributed by atoms with Gasteiger partial charge in [-0.25, -0.2) is 4.98 Å². The Kier molecular flexibility index (Phi) is 3.99. The minimum Gasteiger partial charge on any atom is -0.346 e. The summed E-state index contributed by atoms with van der Waals surface area (Å²) in [6.07, 6.45) is 8.80. The number of nitrogens with two attached hydrogens (primary N) is 1. The predicted octanol–water partition coefficient (Wildman–Crippen LogP) is 2.66. The van der Waals surface area contributed by atoms with Crippen LogP contribution >= 0.6 is 0 Å². The first kappa shape index (κ1) is 11.6. The Morgan fingerprint density at radius 2 is 2.06 bits per heavy atom. The zero-order valence-electron chi connectivity index (χ0n) is 10.3. The molecule has 90 valence electrons. The molecule has 1 fully saturated rings. The van der Waals surface area contributed by atoms with Crippen LogP contribution in [0.1, 0.15) is 61.7 Å². The van der Waals surface area contributed by atoms with E-state index in [1.807, 2.05) is 0 Å². The van der Waals surface area contributed by atoms with Crippen molar-refractivity contribution in [1.82, 2.24) is 9.97 Å². The Balaban J connectivity index is 2.03. The van der Waals surface area contributed by atoms with Crippen molar-refractivity contribution >= 4 is 0 Å². The second-order valence-corrected chi connectivity index (χ2v) is 4.92. The van der Waals surface area contributed by atoms with E-state index in [-0.39, 0.29) is 0 Å². The van der Waals surface area contributed by atoms with Crippen molar-refractivity contribution in [2.45, 2.75) is 57.8 Å². The highest BCUT2D eigenvalue weighted by molar-refractivity contribution is 5.15. The summed E-state index contributed by atoms with van der Waals surface area (Å²) < 4.78 is 0. The van der Waals surface area contributed by atoms with Crippen molar-refractivity contribution < 1.29 is 0 Å². The van der Waals surface area contributed by atoms with E-state index in [1.54, 1.807) is 0 Å². The van der Waals surface area contributed by atoms with E-state index in [4.69, 9.17) is 10.7 Å². The lowest BCUT2D eigenvalue weighted by molar-refractivity contribution is 0.430. The van der Waals surface area contributed by atoms with Crippen molar-refractivity contribution in [2.24, 2.45) is 5.73 Å². The quantitative estimate of drug-likeness (QED) is 0.821. The van der Waals surface area contributed by atoms with Crippen LogP contribution in [-0.4, -0.2) is 16.5 Å². The number of imidazole rings is 1. The molecule has 0 saturated heterocycles. The lowest BCUT2D eigenvalue weighted by Gasteiger charge is -2.19. The largest absolute Gasteiger partial charge is 0.346 e. The van der Waals surface area contributed by atoms with Crippen LogP contribution in [-0.2, 0) is 6.42 Å². The van der Waals surface area contributed by atoms with Crippen molar-refractivity contribution in [3.05, 3.63) is 17.2 Å². The summed E-state index contributed by atoms with van der Waals surface area (Å²) in [6.45, 7) is 2.89. The molecule has 0 aromatic carbocycles. The van der Waals surface area contributed by atoms with Gasteiger partial charge in [-0.05, 0) is 39.2 Å². The van der Waals surface area contributed by atoms with Gasteiger partial charge in [-0.1, -0.05) is 19.3 Å².